The Kier molecular flexibility index (Phi) is 5.54. The molecule has 0 unspecified atom stereocenters. The van der Waals surface area contributed by atoms with E-state index in [1.165, 1.54) is 0 Å². The first-order valence-electron chi connectivity index (χ1n) is 6.87. The number of ketones is 1. The second-order valence-electron chi connectivity index (χ2n) is 5.07. The van der Waals surface area contributed by atoms with E-state index in [9.17, 15) is 9.59 Å². The van der Waals surface area contributed by atoms with E-state index in [0.29, 0.717) is 12.0 Å². The van der Waals surface area contributed by atoms with Gasteiger partial charge < -0.3 is 10.2 Å². The highest BCUT2D eigenvalue weighted by Crippen LogP contribution is 2.12. The molecular weight excluding hydrogens is 367 g/mol. The van der Waals surface area contributed by atoms with Crippen LogP contribution in [0.5, 0.6) is 0 Å². The number of nitrogens with zero attached hydrogens (tertiary/aromatic N) is 1. The van der Waals surface area contributed by atoms with E-state index in [-0.39, 0.29) is 24.2 Å². The summed E-state index contributed by atoms with van der Waals surface area (Å²) >= 11 is 2.21. The highest BCUT2D eigenvalue weighted by Gasteiger charge is 2.23. The molecule has 1 atom stereocenters. The maximum atomic E-state index is 12.1. The van der Waals surface area contributed by atoms with Crippen molar-refractivity contribution in [1.29, 1.82) is 0 Å². The van der Waals surface area contributed by atoms with Gasteiger partial charge in [-0.25, -0.2) is 0 Å². The zero-order chi connectivity index (χ0) is 14.5. The Hall–Kier alpha value is -0.950. The van der Waals surface area contributed by atoms with Crippen LogP contribution in [0.4, 0.5) is 0 Å². The van der Waals surface area contributed by atoms with E-state index in [1.807, 2.05) is 36.1 Å². The van der Waals surface area contributed by atoms with Gasteiger partial charge in [-0.15, -0.1) is 0 Å². The maximum absolute atomic E-state index is 12.1. The Labute approximate surface area is 133 Å². The van der Waals surface area contributed by atoms with Gasteiger partial charge in [-0.05, 0) is 41.6 Å². The molecule has 0 spiro atoms. The topological polar surface area (TPSA) is 49.4 Å². The second kappa shape index (κ2) is 7.17. The maximum Gasteiger partial charge on any atom is 0.223 e. The number of benzene rings is 1. The summed E-state index contributed by atoms with van der Waals surface area (Å²) in [6.45, 7) is 4.43. The fourth-order valence-corrected chi connectivity index (χ4v) is 2.72. The number of amides is 1. The first-order valence-corrected chi connectivity index (χ1v) is 7.95. The van der Waals surface area contributed by atoms with Crippen molar-refractivity contribution in [2.45, 2.75) is 25.8 Å². The van der Waals surface area contributed by atoms with E-state index >= 15 is 0 Å². The third kappa shape index (κ3) is 4.02. The van der Waals surface area contributed by atoms with Gasteiger partial charge >= 0.3 is 0 Å². The van der Waals surface area contributed by atoms with Crippen LogP contribution in [0, 0.1) is 3.57 Å². The monoisotopic (exact) mass is 386 g/mol. The predicted molar refractivity (Wildman–Crippen MR) is 86.8 cm³/mol. The zero-order valence-electron chi connectivity index (χ0n) is 11.6. The molecule has 1 heterocycles. The molecule has 1 aromatic carbocycles. The van der Waals surface area contributed by atoms with Crippen molar-refractivity contribution in [3.63, 3.8) is 0 Å². The molecule has 1 fully saturated rings. The largest absolute Gasteiger partial charge is 0.337 e. The molecule has 1 aromatic rings. The first-order chi connectivity index (χ1) is 9.58. The van der Waals surface area contributed by atoms with Gasteiger partial charge in [0.15, 0.2) is 5.78 Å². The summed E-state index contributed by atoms with van der Waals surface area (Å²) in [6, 6.07) is 7.68. The molecule has 1 aliphatic heterocycles. The Morgan fingerprint density at radius 3 is 2.65 bits per heavy atom. The second-order valence-corrected chi connectivity index (χ2v) is 6.32. The average molecular weight is 386 g/mol. The van der Waals surface area contributed by atoms with Crippen LogP contribution in [0.3, 0.4) is 0 Å². The molecule has 0 radical (unpaired) electrons. The van der Waals surface area contributed by atoms with Gasteiger partial charge in [-0.3, -0.25) is 9.59 Å². The van der Waals surface area contributed by atoms with Crippen LogP contribution in [0.1, 0.15) is 30.1 Å². The minimum Gasteiger partial charge on any atom is -0.337 e. The first kappa shape index (κ1) is 15.4. The molecule has 1 N–H and O–H groups in total. The van der Waals surface area contributed by atoms with Gasteiger partial charge in [0.2, 0.25) is 5.91 Å². The lowest BCUT2D eigenvalue weighted by Gasteiger charge is -2.34. The standard InChI is InChI=1S/C15H19IN2O2/c1-11-10-17-8-9-18(11)15(20)7-6-14(19)12-2-4-13(16)5-3-12/h2-5,11,17H,6-10H2,1H3/t11-/m1/s1. The SMILES string of the molecule is C[C@@H]1CNCCN1C(=O)CCC(=O)c1ccc(I)cc1. The molecule has 0 bridgehead atoms. The molecule has 1 saturated heterocycles. The van der Waals surface area contributed by atoms with Crippen molar-refractivity contribution >= 4 is 34.3 Å². The van der Waals surface area contributed by atoms with Crippen LogP contribution in [0.15, 0.2) is 24.3 Å². The number of carbonyl (C=O) groups excluding carboxylic acids is 2. The number of rotatable bonds is 4. The van der Waals surface area contributed by atoms with Crippen molar-refractivity contribution in [1.82, 2.24) is 10.2 Å². The number of nitrogens with one attached hydrogen (secondary N) is 1. The molecule has 1 amide bonds. The Morgan fingerprint density at radius 2 is 2.00 bits per heavy atom. The lowest BCUT2D eigenvalue weighted by Crippen LogP contribution is -2.52. The summed E-state index contributed by atoms with van der Waals surface area (Å²) in [6.07, 6.45) is 0.589. The van der Waals surface area contributed by atoms with E-state index < -0.39 is 0 Å². The van der Waals surface area contributed by atoms with Crippen LogP contribution in [-0.2, 0) is 4.79 Å². The number of Topliss-reactive ketones (excluding diaryl/α,β-unsaturated/α-hetero) is 1. The minimum absolute atomic E-state index is 0.0394. The highest BCUT2D eigenvalue weighted by atomic mass is 127. The lowest BCUT2D eigenvalue weighted by molar-refractivity contribution is -0.133. The normalized spacial score (nSPS) is 18.9. The van der Waals surface area contributed by atoms with Crippen molar-refractivity contribution < 1.29 is 9.59 Å². The predicted octanol–water partition coefficient (Wildman–Crippen LogP) is 2.07. The van der Waals surface area contributed by atoms with Crippen LogP contribution in [0.25, 0.3) is 0 Å². The van der Waals surface area contributed by atoms with Crippen LogP contribution in [0.2, 0.25) is 0 Å². The van der Waals surface area contributed by atoms with Crippen molar-refractivity contribution in [3.05, 3.63) is 33.4 Å². The third-order valence-electron chi connectivity index (χ3n) is 3.55. The molecule has 108 valence electrons. The fourth-order valence-electron chi connectivity index (χ4n) is 2.36. The van der Waals surface area contributed by atoms with E-state index in [2.05, 4.69) is 27.9 Å². The Morgan fingerprint density at radius 1 is 1.30 bits per heavy atom. The number of hydrogen-bond acceptors (Lipinski definition) is 3. The van der Waals surface area contributed by atoms with Gasteiger partial charge in [-0.2, -0.15) is 0 Å². The number of carbonyl (C=O) groups is 2. The fraction of sp³-hybridized carbons (Fsp3) is 0.467. The molecular formula is C15H19IN2O2. The molecule has 20 heavy (non-hydrogen) atoms. The smallest absolute Gasteiger partial charge is 0.223 e. The lowest BCUT2D eigenvalue weighted by atomic mass is 10.1. The molecule has 2 rings (SSSR count). The quantitative estimate of drug-likeness (QED) is 0.637. The third-order valence-corrected chi connectivity index (χ3v) is 4.27. The Bertz CT molecular complexity index is 487. The summed E-state index contributed by atoms with van der Waals surface area (Å²) in [5, 5.41) is 3.25. The molecule has 1 aliphatic rings. The highest BCUT2D eigenvalue weighted by molar-refractivity contribution is 14.1. The van der Waals surface area contributed by atoms with E-state index in [4.69, 9.17) is 0 Å². The average Bonchev–Trinajstić information content (AvgIpc) is 2.45. The van der Waals surface area contributed by atoms with Gasteiger partial charge in [0.1, 0.15) is 0 Å². The van der Waals surface area contributed by atoms with Crippen LogP contribution in [-0.4, -0.2) is 42.3 Å². The van der Waals surface area contributed by atoms with Gasteiger partial charge in [-0.1, -0.05) is 12.1 Å². The number of piperazine rings is 1. The summed E-state index contributed by atoms with van der Waals surface area (Å²) in [4.78, 5) is 26.1. The molecule has 0 aliphatic carbocycles. The zero-order valence-corrected chi connectivity index (χ0v) is 13.7. The van der Waals surface area contributed by atoms with Gasteiger partial charge in [0.25, 0.3) is 0 Å². The number of hydrogen-bond donors (Lipinski definition) is 1. The van der Waals surface area contributed by atoms with Gasteiger partial charge in [0.05, 0.1) is 0 Å². The summed E-state index contributed by atoms with van der Waals surface area (Å²) in [5.41, 5.74) is 0.687. The summed E-state index contributed by atoms with van der Waals surface area (Å²) < 4.78 is 1.10. The van der Waals surface area contributed by atoms with Crippen molar-refractivity contribution in [2.75, 3.05) is 19.6 Å². The van der Waals surface area contributed by atoms with Crippen LogP contribution < -0.4 is 5.32 Å². The summed E-state index contributed by atoms with van der Waals surface area (Å²) in [7, 11) is 0. The molecule has 0 aromatic heterocycles. The summed E-state index contributed by atoms with van der Waals surface area (Å²) in [5.74, 6) is 0.121. The molecule has 0 saturated carbocycles. The number of halogens is 1. The van der Waals surface area contributed by atoms with E-state index in [1.54, 1.807) is 0 Å². The van der Waals surface area contributed by atoms with Crippen molar-refractivity contribution in [3.8, 4) is 0 Å². The molecule has 5 heteroatoms. The molecule has 4 nitrogen and oxygen atoms in total. The van der Waals surface area contributed by atoms with E-state index in [0.717, 1.165) is 23.2 Å². The van der Waals surface area contributed by atoms with Crippen molar-refractivity contribution in [2.24, 2.45) is 0 Å². The Balaban J connectivity index is 1.86. The minimum atomic E-state index is 0.0394. The van der Waals surface area contributed by atoms with Crippen LogP contribution >= 0.6 is 22.6 Å². The van der Waals surface area contributed by atoms with Gasteiger partial charge in [0, 0.05) is 47.7 Å².